The van der Waals surface area contributed by atoms with Crippen molar-refractivity contribution in [1.82, 2.24) is 34.8 Å². The molecule has 7 amide bonds. The number of hydrogen-bond acceptors (Lipinski definition) is 17. The molecule has 6 aliphatic rings. The number of nitrogens with one attached hydrogen (secondary N) is 7. The number of carbonyl (C=O) groups excluding carboxylic acids is 6. The number of fused-ring (bicyclic) bond motifs is 6. The van der Waals surface area contributed by atoms with Crippen LogP contribution in [0.5, 0.6) is 0 Å². The lowest BCUT2D eigenvalue weighted by molar-refractivity contribution is 0.101. The third-order valence-electron chi connectivity index (χ3n) is 23.3. The second-order valence-electron chi connectivity index (χ2n) is 30.2. The third kappa shape index (κ3) is 14.5. The van der Waals surface area contributed by atoms with Crippen molar-refractivity contribution in [1.29, 1.82) is 0 Å². The van der Waals surface area contributed by atoms with Crippen molar-refractivity contribution < 1.29 is 37.8 Å². The van der Waals surface area contributed by atoms with E-state index in [4.69, 9.17) is 43.8 Å². The maximum absolute atomic E-state index is 15.5. The van der Waals surface area contributed by atoms with E-state index in [-0.39, 0.29) is 41.6 Å². The van der Waals surface area contributed by atoms with Gasteiger partial charge in [-0.1, -0.05) is 130 Å². The zero-order valence-corrected chi connectivity index (χ0v) is 66.8. The summed E-state index contributed by atoms with van der Waals surface area (Å²) in [5.74, 6) is -0.466. The van der Waals surface area contributed by atoms with E-state index in [1.165, 1.54) is 4.68 Å². The molecule has 18 rings (SSSR count). The van der Waals surface area contributed by atoms with Gasteiger partial charge in [0.15, 0.2) is 5.76 Å². The number of carbonyl (C=O) groups is 6. The number of hydrogen-bond donors (Lipinski definition) is 7. The molecular weight excluding hydrogens is 1540 g/mol. The Morgan fingerprint density at radius 2 is 0.803 bits per heavy atom. The van der Waals surface area contributed by atoms with Crippen LogP contribution in [-0.4, -0.2) is 149 Å². The standard InChI is InChI=1S/C89H80Cl3N17O8/c1-49-79(51(3)116-101-49)88(114)95-58-19-26-76(70(91)47-58)105-34-40-109(41-35-105)83-62-22-15-54(55-16-23-65-73(44-55)98-84(110)63-11-7-6-10-60(63)81(65)107-36-30-104(31-37-107)75-25-18-57(46-69(75)90)94-87(113)78-28-29-93-103(78)5)43-68(62)86(112)99-74-45-56(17-24-66(74)83)53-14-21-61-67(42-53)85(111)97-72-13-9-8-12-64(72)82(61)108-38-32-106(33-39-108)77-27-20-59(48-71(77)92)96-89(115)100-80-50(2)102-117-52(80)4/h6-29,42-48,81-83H,30-41H2,1-5H3,(H,94,113)(H,95,114)(H,97,111)(H,98,110)(H,99,112)(H2,96,100,115). The van der Waals surface area contributed by atoms with E-state index in [1.807, 2.05) is 103 Å². The van der Waals surface area contributed by atoms with E-state index < -0.39 is 12.1 Å². The first-order valence-electron chi connectivity index (χ1n) is 38.8. The summed E-state index contributed by atoms with van der Waals surface area (Å²) in [6, 6.07) is 57.0. The number of urea groups is 1. The molecular formula is C89H80Cl3N17O8. The summed E-state index contributed by atoms with van der Waals surface area (Å²) in [5, 5.41) is 35.0. The van der Waals surface area contributed by atoms with Crippen LogP contribution in [0.3, 0.4) is 0 Å². The van der Waals surface area contributed by atoms with Crippen LogP contribution in [0.25, 0.3) is 22.3 Å². The average Bonchev–Trinajstić information content (AvgIpc) is 1.65. The molecule has 7 N–H and O–H groups in total. The molecule has 3 aromatic heterocycles. The fraction of sp³-hybridized carbons (Fsp3) is 0.225. The van der Waals surface area contributed by atoms with Crippen molar-refractivity contribution in [2.75, 3.05) is 130 Å². The van der Waals surface area contributed by atoms with Gasteiger partial charge in [0.2, 0.25) is 0 Å². The predicted molar refractivity (Wildman–Crippen MR) is 455 cm³/mol. The van der Waals surface area contributed by atoms with Gasteiger partial charge in [0.1, 0.15) is 28.4 Å². The summed E-state index contributed by atoms with van der Waals surface area (Å²) >= 11 is 21.1. The van der Waals surface area contributed by atoms with Crippen molar-refractivity contribution in [3.63, 3.8) is 0 Å². The molecule has 9 heterocycles. The second-order valence-corrected chi connectivity index (χ2v) is 31.5. The topological polar surface area (TPSA) is 276 Å². The number of aryl methyl sites for hydroxylation is 5. The fourth-order valence-electron chi connectivity index (χ4n) is 17.5. The SMILES string of the molecule is Cc1noc(C)c1NC(=O)Nc1ccc(N2CCN(C3c4ccccc4NC(=O)c4cc(-c5ccc6c(c5)NC(=O)c5cc(-c7ccc8c(c7)NC(=O)c7ccccc7C8N7CCN(c8ccc(NC(=O)c9ccnn9C)cc8Cl)CC7)ccc5C6N5CCN(c6ccc(NC(=O)c7c(C)noc7C)cc6Cl)CC5)ccc43)CC2)c(Cl)c1. The molecule has 117 heavy (non-hydrogen) atoms. The molecule has 25 nitrogen and oxygen atoms in total. The van der Waals surface area contributed by atoms with E-state index in [0.29, 0.717) is 179 Å². The summed E-state index contributed by atoms with van der Waals surface area (Å²) < 4.78 is 12.0. The van der Waals surface area contributed by atoms with Gasteiger partial charge in [-0.15, -0.1) is 0 Å². The third-order valence-corrected chi connectivity index (χ3v) is 24.2. The first-order chi connectivity index (χ1) is 56.7. The normalized spacial score (nSPS) is 17.5. The van der Waals surface area contributed by atoms with E-state index in [9.17, 15) is 24.0 Å². The minimum Gasteiger partial charge on any atom is -0.368 e. The number of halogens is 3. The number of amides is 7. The van der Waals surface area contributed by atoms with Gasteiger partial charge in [-0.05, 0) is 180 Å². The molecule has 3 unspecified atom stereocenters. The van der Waals surface area contributed by atoms with Crippen molar-refractivity contribution in [2.24, 2.45) is 7.05 Å². The Kier molecular flexibility index (Phi) is 20.2. The predicted octanol–water partition coefficient (Wildman–Crippen LogP) is 16.5. The minimum atomic E-state index is -0.450. The molecule has 28 heteroatoms. The average molecular weight is 1620 g/mol. The van der Waals surface area contributed by atoms with Crippen LogP contribution in [0, 0.1) is 27.7 Å². The highest BCUT2D eigenvalue weighted by Crippen LogP contribution is 2.48. The molecule has 9 aromatic carbocycles. The van der Waals surface area contributed by atoms with E-state index >= 15 is 4.79 Å². The zero-order valence-electron chi connectivity index (χ0n) is 64.5. The number of benzene rings is 9. The molecule has 3 atom stereocenters. The van der Waals surface area contributed by atoms with E-state index in [1.54, 1.807) is 65.2 Å². The highest BCUT2D eigenvalue weighted by Gasteiger charge is 2.39. The first kappa shape index (κ1) is 75.7. The van der Waals surface area contributed by atoms with E-state index in [0.717, 1.165) is 78.4 Å². The molecule has 0 bridgehead atoms. The van der Waals surface area contributed by atoms with Crippen molar-refractivity contribution in [3.8, 4) is 22.3 Å². The van der Waals surface area contributed by atoms with Gasteiger partial charge >= 0.3 is 6.03 Å². The summed E-state index contributed by atoms with van der Waals surface area (Å²) in [7, 11) is 1.71. The first-order valence-corrected chi connectivity index (χ1v) is 39.9. The molecule has 3 fully saturated rings. The molecule has 590 valence electrons. The lowest BCUT2D eigenvalue weighted by atomic mass is 9.88. The van der Waals surface area contributed by atoms with Crippen LogP contribution in [0.2, 0.25) is 15.1 Å². The van der Waals surface area contributed by atoms with Gasteiger partial charge in [0.25, 0.3) is 29.5 Å². The molecule has 0 saturated carbocycles. The summed E-state index contributed by atoms with van der Waals surface area (Å²) in [4.78, 5) is 98.3. The van der Waals surface area contributed by atoms with Crippen molar-refractivity contribution in [3.05, 3.63) is 287 Å². The second kappa shape index (κ2) is 31.2. The van der Waals surface area contributed by atoms with Gasteiger partial charge in [0.05, 0.1) is 55.9 Å². The smallest absolute Gasteiger partial charge is 0.323 e. The Hall–Kier alpha value is -12.6. The van der Waals surface area contributed by atoms with Gasteiger partial charge in [-0.2, -0.15) is 5.10 Å². The zero-order chi connectivity index (χ0) is 80.6. The van der Waals surface area contributed by atoms with Crippen LogP contribution in [0.15, 0.2) is 197 Å². The van der Waals surface area contributed by atoms with Crippen LogP contribution in [0.4, 0.5) is 61.7 Å². The number of rotatable bonds is 14. The largest absolute Gasteiger partial charge is 0.368 e. The van der Waals surface area contributed by atoms with Crippen LogP contribution >= 0.6 is 34.8 Å². The van der Waals surface area contributed by atoms with Crippen LogP contribution in [-0.2, 0) is 7.05 Å². The molecule has 0 spiro atoms. The van der Waals surface area contributed by atoms with Crippen LogP contribution in [0.1, 0.15) is 126 Å². The maximum atomic E-state index is 15.5. The Bertz CT molecular complexity index is 6000. The van der Waals surface area contributed by atoms with Gasteiger partial charge in [-0.3, -0.25) is 43.4 Å². The minimum absolute atomic E-state index is 0.220. The monoisotopic (exact) mass is 1620 g/mol. The number of nitrogens with zero attached hydrogens (tertiary/aromatic N) is 10. The Labute approximate surface area is 688 Å². The van der Waals surface area contributed by atoms with Crippen LogP contribution < -0.4 is 51.9 Å². The molecule has 3 saturated heterocycles. The van der Waals surface area contributed by atoms with Gasteiger partial charge in [0, 0.05) is 143 Å². The molecule has 6 aliphatic heterocycles. The maximum Gasteiger partial charge on any atom is 0.323 e. The molecule has 0 aliphatic carbocycles. The molecule has 12 aromatic rings. The quantitative estimate of drug-likeness (QED) is 0.0533. The van der Waals surface area contributed by atoms with Gasteiger partial charge < -0.3 is 61.0 Å². The fourth-order valence-corrected chi connectivity index (χ4v) is 18.4. The van der Waals surface area contributed by atoms with Crippen molar-refractivity contribution in [2.45, 2.75) is 45.8 Å². The van der Waals surface area contributed by atoms with E-state index in [2.05, 4.69) is 137 Å². The highest BCUT2D eigenvalue weighted by molar-refractivity contribution is 6.34. The summed E-state index contributed by atoms with van der Waals surface area (Å²) in [6.07, 6.45) is 1.58. The number of aromatic nitrogens is 4. The number of piperazine rings is 3. The summed E-state index contributed by atoms with van der Waals surface area (Å²) in [6.45, 7) is 14.3. The highest BCUT2D eigenvalue weighted by atomic mass is 35.5. The summed E-state index contributed by atoms with van der Waals surface area (Å²) in [5.41, 5.74) is 18.6. The lowest BCUT2D eigenvalue weighted by Gasteiger charge is -2.41. The van der Waals surface area contributed by atoms with Crippen molar-refractivity contribution >= 4 is 127 Å². The molecule has 0 radical (unpaired) electrons. The Morgan fingerprint density at radius 3 is 1.26 bits per heavy atom. The lowest BCUT2D eigenvalue weighted by Crippen LogP contribution is -2.48. The number of anilines is 10. The van der Waals surface area contributed by atoms with Gasteiger partial charge in [-0.25, -0.2) is 4.79 Å². The Balaban J connectivity index is 0.630. The number of para-hydroxylation sites is 1. The Morgan fingerprint density at radius 1 is 0.402 bits per heavy atom.